The van der Waals surface area contributed by atoms with E-state index in [2.05, 4.69) is 84.7 Å². The van der Waals surface area contributed by atoms with E-state index in [0.717, 1.165) is 32.6 Å². The second-order valence-corrected chi connectivity index (χ2v) is 6.77. The fraction of sp³-hybridized carbons (Fsp3) is 0.429. The minimum absolute atomic E-state index is 0.342. The predicted octanol–water partition coefficient (Wildman–Crippen LogP) is 3.31. The van der Waals surface area contributed by atoms with Crippen LogP contribution in [-0.2, 0) is 6.42 Å². The van der Waals surface area contributed by atoms with E-state index >= 15 is 0 Å². The number of hydrogen-bond acceptors (Lipinski definition) is 3. The molecule has 1 aliphatic heterocycles. The first-order valence-electron chi connectivity index (χ1n) is 9.00. The summed E-state index contributed by atoms with van der Waals surface area (Å²) in [6.07, 6.45) is 1.09. The maximum absolute atomic E-state index is 3.47. The molecule has 0 aromatic heterocycles. The van der Waals surface area contributed by atoms with Gasteiger partial charge in [0.25, 0.3) is 0 Å². The van der Waals surface area contributed by atoms with Crippen molar-refractivity contribution in [3.8, 4) is 0 Å². The van der Waals surface area contributed by atoms with Gasteiger partial charge in [-0.3, -0.25) is 4.90 Å². The van der Waals surface area contributed by atoms with E-state index in [4.69, 9.17) is 0 Å². The van der Waals surface area contributed by atoms with E-state index in [-0.39, 0.29) is 0 Å². The monoisotopic (exact) mass is 323 g/mol. The normalized spacial score (nSPS) is 16.8. The number of anilines is 1. The van der Waals surface area contributed by atoms with Crippen LogP contribution in [0.5, 0.6) is 0 Å². The molecule has 0 saturated carbocycles. The van der Waals surface area contributed by atoms with Gasteiger partial charge in [-0.05, 0) is 35.2 Å². The molecule has 1 aliphatic rings. The lowest BCUT2D eigenvalue weighted by atomic mass is 9.95. The van der Waals surface area contributed by atoms with Crippen LogP contribution in [0.4, 0.5) is 5.69 Å². The third-order valence-corrected chi connectivity index (χ3v) is 4.95. The third-order valence-electron chi connectivity index (χ3n) is 4.95. The van der Waals surface area contributed by atoms with Gasteiger partial charge in [-0.2, -0.15) is 0 Å². The highest BCUT2D eigenvalue weighted by molar-refractivity contribution is 5.48. The Balaban J connectivity index is 1.93. The van der Waals surface area contributed by atoms with Crippen LogP contribution < -0.4 is 10.2 Å². The first-order chi connectivity index (χ1) is 11.7. The zero-order chi connectivity index (χ0) is 16.9. The Bertz CT molecular complexity index is 625. The van der Waals surface area contributed by atoms with Crippen LogP contribution in [0.25, 0.3) is 0 Å². The Kier molecular flexibility index (Phi) is 5.54. The van der Waals surface area contributed by atoms with Gasteiger partial charge in [0.1, 0.15) is 0 Å². The number of aryl methyl sites for hydroxylation is 1. The van der Waals surface area contributed by atoms with Crippen LogP contribution in [0, 0.1) is 0 Å². The minimum atomic E-state index is 0.342. The molecule has 3 heteroatoms. The van der Waals surface area contributed by atoms with Crippen molar-refractivity contribution in [2.24, 2.45) is 0 Å². The maximum atomic E-state index is 3.47. The van der Waals surface area contributed by atoms with E-state index in [1.807, 2.05) is 0 Å². The third kappa shape index (κ3) is 3.80. The van der Waals surface area contributed by atoms with Crippen molar-refractivity contribution in [3.05, 3.63) is 65.2 Å². The number of nitrogens with one attached hydrogen (secondary N) is 1. The molecule has 24 heavy (non-hydrogen) atoms. The van der Waals surface area contributed by atoms with Crippen LogP contribution in [0.1, 0.15) is 29.7 Å². The topological polar surface area (TPSA) is 18.5 Å². The molecule has 2 aromatic carbocycles. The van der Waals surface area contributed by atoms with Crippen LogP contribution in [0.3, 0.4) is 0 Å². The zero-order valence-electron chi connectivity index (χ0n) is 15.1. The van der Waals surface area contributed by atoms with Crippen LogP contribution in [-0.4, -0.2) is 45.2 Å². The van der Waals surface area contributed by atoms with Gasteiger partial charge < -0.3 is 10.2 Å². The molecule has 0 radical (unpaired) electrons. The van der Waals surface area contributed by atoms with Crippen LogP contribution in [0.2, 0.25) is 0 Å². The quantitative estimate of drug-likeness (QED) is 0.911. The molecule has 1 fully saturated rings. The van der Waals surface area contributed by atoms with E-state index in [1.54, 1.807) is 0 Å². The summed E-state index contributed by atoms with van der Waals surface area (Å²) in [5, 5.41) is 3.47. The molecule has 0 aliphatic carbocycles. The summed E-state index contributed by atoms with van der Waals surface area (Å²) in [7, 11) is 4.18. The summed E-state index contributed by atoms with van der Waals surface area (Å²) < 4.78 is 0. The minimum Gasteiger partial charge on any atom is -0.378 e. The molecule has 0 amide bonds. The second kappa shape index (κ2) is 7.82. The zero-order valence-corrected chi connectivity index (χ0v) is 15.1. The lowest BCUT2D eigenvalue weighted by molar-refractivity contribution is 0.198. The average Bonchev–Trinajstić information content (AvgIpc) is 2.64. The lowest BCUT2D eigenvalue weighted by Gasteiger charge is -2.35. The van der Waals surface area contributed by atoms with Gasteiger partial charge in [-0.1, -0.05) is 43.3 Å². The average molecular weight is 323 g/mol. The first-order valence-corrected chi connectivity index (χ1v) is 9.00. The molecule has 1 saturated heterocycles. The predicted molar refractivity (Wildman–Crippen MR) is 103 cm³/mol. The Morgan fingerprint density at radius 1 is 0.917 bits per heavy atom. The maximum Gasteiger partial charge on any atom is 0.0602 e. The number of nitrogens with zero attached hydrogens (tertiary/aromatic N) is 2. The fourth-order valence-corrected chi connectivity index (χ4v) is 3.44. The highest BCUT2D eigenvalue weighted by atomic mass is 15.2. The Hall–Kier alpha value is -1.84. The van der Waals surface area contributed by atoms with Gasteiger partial charge in [-0.25, -0.2) is 0 Å². The van der Waals surface area contributed by atoms with Gasteiger partial charge in [-0.15, -0.1) is 0 Å². The van der Waals surface area contributed by atoms with Crippen molar-refractivity contribution < 1.29 is 0 Å². The molecule has 2 aromatic rings. The van der Waals surface area contributed by atoms with Crippen molar-refractivity contribution in [2.45, 2.75) is 19.4 Å². The van der Waals surface area contributed by atoms with Crippen molar-refractivity contribution in [1.82, 2.24) is 10.2 Å². The molecule has 1 atom stereocenters. The Morgan fingerprint density at radius 2 is 1.46 bits per heavy atom. The van der Waals surface area contributed by atoms with Gasteiger partial charge in [0.15, 0.2) is 0 Å². The summed E-state index contributed by atoms with van der Waals surface area (Å²) in [5.41, 5.74) is 5.43. The van der Waals surface area contributed by atoms with E-state index in [1.165, 1.54) is 22.4 Å². The lowest BCUT2D eigenvalue weighted by Crippen LogP contribution is -2.45. The molecule has 1 heterocycles. The SMILES string of the molecule is CCc1ccc(C(c2ccc(N(C)C)cc2)N2CCNCC2)cc1. The fourth-order valence-electron chi connectivity index (χ4n) is 3.44. The van der Waals surface area contributed by atoms with Gasteiger partial charge in [0.2, 0.25) is 0 Å². The number of rotatable bonds is 5. The summed E-state index contributed by atoms with van der Waals surface area (Å²) in [6, 6.07) is 18.5. The second-order valence-electron chi connectivity index (χ2n) is 6.77. The molecule has 0 bridgehead atoms. The summed E-state index contributed by atoms with van der Waals surface area (Å²) in [5.74, 6) is 0. The molecular weight excluding hydrogens is 294 g/mol. The number of piperazine rings is 1. The molecule has 3 rings (SSSR count). The van der Waals surface area contributed by atoms with Crippen LogP contribution in [0.15, 0.2) is 48.5 Å². The molecule has 128 valence electrons. The van der Waals surface area contributed by atoms with Crippen molar-refractivity contribution in [2.75, 3.05) is 45.2 Å². The smallest absolute Gasteiger partial charge is 0.0602 e. The summed E-state index contributed by atoms with van der Waals surface area (Å²) in [6.45, 7) is 6.53. The molecule has 3 nitrogen and oxygen atoms in total. The summed E-state index contributed by atoms with van der Waals surface area (Å²) in [4.78, 5) is 4.75. The molecular formula is C21H29N3. The highest BCUT2D eigenvalue weighted by Gasteiger charge is 2.23. The standard InChI is InChI=1S/C21H29N3/c1-4-17-5-7-18(8-6-17)21(24-15-13-22-14-16-24)19-9-11-20(12-10-19)23(2)3/h5-12,21-22H,4,13-16H2,1-3H3. The van der Waals surface area contributed by atoms with Crippen LogP contribution >= 0.6 is 0 Å². The van der Waals surface area contributed by atoms with Crippen molar-refractivity contribution >= 4 is 5.69 Å². The molecule has 1 unspecified atom stereocenters. The Labute approximate surface area is 146 Å². The summed E-state index contributed by atoms with van der Waals surface area (Å²) >= 11 is 0. The first kappa shape index (κ1) is 17.0. The largest absolute Gasteiger partial charge is 0.378 e. The molecule has 1 N–H and O–H groups in total. The highest BCUT2D eigenvalue weighted by Crippen LogP contribution is 2.30. The van der Waals surface area contributed by atoms with E-state index in [9.17, 15) is 0 Å². The van der Waals surface area contributed by atoms with E-state index < -0.39 is 0 Å². The van der Waals surface area contributed by atoms with Crippen molar-refractivity contribution in [3.63, 3.8) is 0 Å². The number of hydrogen-bond donors (Lipinski definition) is 1. The Morgan fingerprint density at radius 3 is 1.96 bits per heavy atom. The van der Waals surface area contributed by atoms with Gasteiger partial charge >= 0.3 is 0 Å². The van der Waals surface area contributed by atoms with Gasteiger partial charge in [0, 0.05) is 46.0 Å². The van der Waals surface area contributed by atoms with Crippen molar-refractivity contribution in [1.29, 1.82) is 0 Å². The number of benzene rings is 2. The van der Waals surface area contributed by atoms with Gasteiger partial charge in [0.05, 0.1) is 6.04 Å². The van der Waals surface area contributed by atoms with E-state index in [0.29, 0.717) is 6.04 Å². The molecule has 0 spiro atoms.